The molecule has 1 N–H and O–H groups in total. The maximum absolute atomic E-state index is 14.1. The zero-order valence-electron chi connectivity index (χ0n) is 26.8. The van der Waals surface area contributed by atoms with Gasteiger partial charge in [-0.25, -0.2) is 4.98 Å². The molecule has 1 saturated heterocycles. The number of nitrogens with one attached hydrogen (secondary N) is 1. The maximum Gasteiger partial charge on any atom is 0.246 e. The van der Waals surface area contributed by atoms with Crippen molar-refractivity contribution in [2.75, 3.05) is 40.4 Å². The van der Waals surface area contributed by atoms with Crippen LogP contribution in [0.5, 0.6) is 5.88 Å². The summed E-state index contributed by atoms with van der Waals surface area (Å²) in [6.07, 6.45) is 14.6. The van der Waals surface area contributed by atoms with E-state index in [0.717, 1.165) is 38.5 Å². The molecule has 3 fully saturated rings. The molecule has 0 radical (unpaired) electrons. The predicted octanol–water partition coefficient (Wildman–Crippen LogP) is 3.38. The summed E-state index contributed by atoms with van der Waals surface area (Å²) in [5.74, 6) is 0.629. The smallest absolute Gasteiger partial charge is 0.246 e. The van der Waals surface area contributed by atoms with Gasteiger partial charge < -0.3 is 29.5 Å². The fourth-order valence-corrected chi connectivity index (χ4v) is 5.81. The lowest BCUT2D eigenvalue weighted by Crippen LogP contribution is -2.53. The van der Waals surface area contributed by atoms with E-state index in [9.17, 15) is 19.2 Å². The lowest BCUT2D eigenvalue weighted by molar-refractivity contribution is -0.145. The SMILES string of the molecule is CC(C/C=C/COCC1CCCN1C(=O)[C@H](Cc1cc(Cl)cnc1OC1CCC1)N(C)C(=O)CNC=O)N(C)C(=O)CC1CC1. The minimum absolute atomic E-state index is 0.0795. The van der Waals surface area contributed by atoms with Gasteiger partial charge in [-0.1, -0.05) is 23.8 Å². The Labute approximate surface area is 271 Å². The van der Waals surface area contributed by atoms with Crippen LogP contribution in [0.4, 0.5) is 0 Å². The van der Waals surface area contributed by atoms with Crippen molar-refractivity contribution in [2.24, 2.45) is 5.92 Å². The van der Waals surface area contributed by atoms with Crippen LogP contribution in [-0.2, 0) is 30.3 Å². The van der Waals surface area contributed by atoms with Gasteiger partial charge in [0.2, 0.25) is 30.0 Å². The number of ether oxygens (including phenoxy) is 2. The van der Waals surface area contributed by atoms with Crippen molar-refractivity contribution in [1.29, 1.82) is 0 Å². The molecule has 1 aromatic rings. The highest BCUT2D eigenvalue weighted by Gasteiger charge is 2.37. The molecule has 0 aromatic carbocycles. The summed E-state index contributed by atoms with van der Waals surface area (Å²) in [6, 6.07) is 0.876. The first-order chi connectivity index (χ1) is 21.7. The Bertz CT molecular complexity index is 1210. The third kappa shape index (κ3) is 10.2. The summed E-state index contributed by atoms with van der Waals surface area (Å²) in [5.41, 5.74) is 0.655. The Balaban J connectivity index is 1.35. The quantitative estimate of drug-likeness (QED) is 0.148. The van der Waals surface area contributed by atoms with Crippen LogP contribution >= 0.6 is 11.6 Å². The number of likely N-dealkylation sites (N-methyl/N-ethyl adjacent to an activating group) is 1. The number of halogens is 1. The van der Waals surface area contributed by atoms with Crippen molar-refractivity contribution in [3.8, 4) is 5.88 Å². The van der Waals surface area contributed by atoms with E-state index in [1.54, 1.807) is 18.0 Å². The summed E-state index contributed by atoms with van der Waals surface area (Å²) in [6.45, 7) is 3.17. The van der Waals surface area contributed by atoms with Crippen LogP contribution in [-0.4, -0.2) is 108 Å². The number of hydrogen-bond acceptors (Lipinski definition) is 7. The van der Waals surface area contributed by atoms with E-state index in [-0.39, 0.29) is 48.9 Å². The number of hydrogen-bond donors (Lipinski definition) is 1. The topological polar surface area (TPSA) is 121 Å². The number of likely N-dealkylation sites (tertiary alicyclic amines) is 1. The molecule has 2 heterocycles. The van der Waals surface area contributed by atoms with Crippen LogP contribution < -0.4 is 10.1 Å². The third-order valence-corrected chi connectivity index (χ3v) is 9.37. The lowest BCUT2D eigenvalue weighted by Gasteiger charge is -2.34. The van der Waals surface area contributed by atoms with E-state index in [2.05, 4.69) is 10.3 Å². The molecule has 2 aliphatic carbocycles. The molecule has 1 aliphatic heterocycles. The van der Waals surface area contributed by atoms with Gasteiger partial charge in [0.05, 0.1) is 30.8 Å². The van der Waals surface area contributed by atoms with Gasteiger partial charge in [-0.2, -0.15) is 0 Å². The van der Waals surface area contributed by atoms with Crippen molar-refractivity contribution >= 4 is 35.7 Å². The Morgan fingerprint density at radius 3 is 2.58 bits per heavy atom. The molecular formula is C33H48ClN5O6. The van der Waals surface area contributed by atoms with Crippen molar-refractivity contribution < 1.29 is 28.7 Å². The molecule has 4 rings (SSSR count). The summed E-state index contributed by atoms with van der Waals surface area (Å²) < 4.78 is 12.1. The predicted molar refractivity (Wildman–Crippen MR) is 171 cm³/mol. The van der Waals surface area contributed by atoms with Crippen molar-refractivity contribution in [3.63, 3.8) is 0 Å². The van der Waals surface area contributed by atoms with Gasteiger partial charge in [-0.05, 0) is 70.3 Å². The molecule has 4 amide bonds. The first-order valence-corrected chi connectivity index (χ1v) is 16.6. The number of nitrogens with zero attached hydrogens (tertiary/aromatic N) is 4. The highest BCUT2D eigenvalue weighted by atomic mass is 35.5. The monoisotopic (exact) mass is 645 g/mol. The molecule has 248 valence electrons. The van der Waals surface area contributed by atoms with E-state index in [1.165, 1.54) is 23.9 Å². The van der Waals surface area contributed by atoms with Gasteiger partial charge in [0.1, 0.15) is 12.1 Å². The Kier molecular flexibility index (Phi) is 13.1. The largest absolute Gasteiger partial charge is 0.474 e. The molecule has 11 nitrogen and oxygen atoms in total. The fraction of sp³-hybridized carbons (Fsp3) is 0.667. The summed E-state index contributed by atoms with van der Waals surface area (Å²) in [5, 5.41) is 2.82. The maximum atomic E-state index is 14.1. The summed E-state index contributed by atoms with van der Waals surface area (Å²) >= 11 is 6.30. The second kappa shape index (κ2) is 16.9. The van der Waals surface area contributed by atoms with Gasteiger partial charge in [0.15, 0.2) is 0 Å². The molecule has 2 saturated carbocycles. The zero-order chi connectivity index (χ0) is 32.3. The molecule has 3 aliphatic rings. The number of rotatable bonds is 18. The van der Waals surface area contributed by atoms with Crippen LogP contribution in [0, 0.1) is 5.92 Å². The number of pyridine rings is 1. The number of carbonyl (C=O) groups excluding carboxylic acids is 4. The first-order valence-electron chi connectivity index (χ1n) is 16.2. The fourth-order valence-electron chi connectivity index (χ4n) is 5.63. The lowest BCUT2D eigenvalue weighted by atomic mass is 9.96. The Morgan fingerprint density at radius 1 is 1.11 bits per heavy atom. The molecule has 12 heteroatoms. The molecule has 2 unspecified atom stereocenters. The molecule has 0 bridgehead atoms. The highest BCUT2D eigenvalue weighted by Crippen LogP contribution is 2.33. The summed E-state index contributed by atoms with van der Waals surface area (Å²) in [7, 11) is 3.44. The van der Waals surface area contributed by atoms with E-state index in [0.29, 0.717) is 55.0 Å². The zero-order valence-corrected chi connectivity index (χ0v) is 27.5. The van der Waals surface area contributed by atoms with E-state index in [4.69, 9.17) is 21.1 Å². The van der Waals surface area contributed by atoms with Crippen LogP contribution in [0.15, 0.2) is 24.4 Å². The molecule has 45 heavy (non-hydrogen) atoms. The van der Waals surface area contributed by atoms with Gasteiger partial charge >= 0.3 is 0 Å². The van der Waals surface area contributed by atoms with Crippen molar-refractivity contribution in [1.82, 2.24) is 25.0 Å². The summed E-state index contributed by atoms with van der Waals surface area (Å²) in [4.78, 5) is 59.7. The van der Waals surface area contributed by atoms with Crippen molar-refractivity contribution in [2.45, 2.75) is 95.4 Å². The van der Waals surface area contributed by atoms with Crippen LogP contribution in [0.25, 0.3) is 0 Å². The molecule has 3 atom stereocenters. The van der Waals surface area contributed by atoms with Crippen LogP contribution in [0.1, 0.15) is 70.3 Å². The molecule has 0 spiro atoms. The van der Waals surface area contributed by atoms with Gasteiger partial charge in [-0.3, -0.25) is 19.2 Å². The number of amides is 4. The van der Waals surface area contributed by atoms with Gasteiger partial charge in [0.25, 0.3) is 0 Å². The van der Waals surface area contributed by atoms with Crippen LogP contribution in [0.3, 0.4) is 0 Å². The molecule has 1 aromatic heterocycles. The van der Waals surface area contributed by atoms with E-state index < -0.39 is 6.04 Å². The highest BCUT2D eigenvalue weighted by molar-refractivity contribution is 6.30. The number of aromatic nitrogens is 1. The second-order valence-electron chi connectivity index (χ2n) is 12.6. The minimum Gasteiger partial charge on any atom is -0.474 e. The Hall–Kier alpha value is -3.18. The minimum atomic E-state index is -0.850. The second-order valence-corrected chi connectivity index (χ2v) is 13.0. The first kappa shape index (κ1) is 34.7. The third-order valence-electron chi connectivity index (χ3n) is 9.16. The van der Waals surface area contributed by atoms with Gasteiger partial charge in [0, 0.05) is 51.3 Å². The number of carbonyl (C=O) groups is 4. The van der Waals surface area contributed by atoms with E-state index in [1.807, 2.05) is 31.0 Å². The van der Waals surface area contributed by atoms with Gasteiger partial charge in [-0.15, -0.1) is 0 Å². The van der Waals surface area contributed by atoms with Crippen LogP contribution in [0.2, 0.25) is 5.02 Å². The van der Waals surface area contributed by atoms with Crippen molar-refractivity contribution in [3.05, 3.63) is 35.0 Å². The molecular weight excluding hydrogens is 598 g/mol. The Morgan fingerprint density at radius 2 is 1.89 bits per heavy atom. The van der Waals surface area contributed by atoms with E-state index >= 15 is 0 Å². The normalized spacial score (nSPS) is 19.6. The average Bonchev–Trinajstić information content (AvgIpc) is 3.70. The standard InChI is InChI=1S/C33H48ClN5O6/c1-23(37(2)30(41)16-24-12-13-24)8-4-5-15-44-21-27-9-7-14-39(27)33(43)29(38(3)31(42)20-35-22-40)18-25-17-26(34)19-36-32(25)45-28-10-6-11-28/h4-5,17,19,22-24,27-29H,6-16,18,20-21H2,1-3H3,(H,35,40)/b5-4+/t23?,27?,29-/m0/s1. The average molecular weight is 646 g/mol.